The maximum Gasteiger partial charge on any atom is 0.286 e. The highest BCUT2D eigenvalue weighted by Crippen LogP contribution is 2.02. The number of rotatable bonds is 4. The number of aromatic nitrogens is 2. The van der Waals surface area contributed by atoms with Crippen molar-refractivity contribution in [3.8, 4) is 0 Å². The summed E-state index contributed by atoms with van der Waals surface area (Å²) in [6, 6.07) is 3.44. The number of hydrazine groups is 1. The lowest BCUT2D eigenvalue weighted by Crippen LogP contribution is -2.52. The average molecular weight is 264 g/mol. The van der Waals surface area contributed by atoms with Gasteiger partial charge in [-0.2, -0.15) is 0 Å². The van der Waals surface area contributed by atoms with E-state index in [2.05, 4.69) is 32.9 Å². The van der Waals surface area contributed by atoms with Crippen LogP contribution in [0, 0.1) is 0 Å². The first-order valence-electron chi connectivity index (χ1n) is 6.51. The van der Waals surface area contributed by atoms with E-state index in [1.165, 1.54) is 0 Å². The molecule has 0 saturated carbocycles. The Balaban J connectivity index is 1.88. The van der Waals surface area contributed by atoms with E-state index in [0.717, 1.165) is 32.7 Å². The average Bonchev–Trinajstić information content (AvgIpc) is 2.42. The van der Waals surface area contributed by atoms with E-state index in [4.69, 9.17) is 0 Å². The zero-order valence-corrected chi connectivity index (χ0v) is 11.4. The molecule has 1 amide bonds. The molecule has 1 saturated heterocycles. The van der Waals surface area contributed by atoms with Crippen molar-refractivity contribution in [1.29, 1.82) is 0 Å². The van der Waals surface area contributed by atoms with Crippen molar-refractivity contribution in [2.75, 3.05) is 45.1 Å². The summed E-state index contributed by atoms with van der Waals surface area (Å²) in [5, 5.41) is 12.8. The maximum atomic E-state index is 12.0. The van der Waals surface area contributed by atoms with Gasteiger partial charge in [-0.25, -0.2) is 5.01 Å². The van der Waals surface area contributed by atoms with Gasteiger partial charge >= 0.3 is 0 Å². The predicted molar refractivity (Wildman–Crippen MR) is 72.7 cm³/mol. The van der Waals surface area contributed by atoms with E-state index in [9.17, 15) is 4.79 Å². The third-order valence-corrected chi connectivity index (χ3v) is 3.02. The van der Waals surface area contributed by atoms with Gasteiger partial charge in [0.2, 0.25) is 0 Å². The van der Waals surface area contributed by atoms with Gasteiger partial charge in [0, 0.05) is 32.7 Å². The fraction of sp³-hybridized carbons (Fsp3) is 0.583. The van der Waals surface area contributed by atoms with E-state index in [0.29, 0.717) is 11.5 Å². The third kappa shape index (κ3) is 3.87. The van der Waals surface area contributed by atoms with Crippen LogP contribution in [0.25, 0.3) is 0 Å². The number of hydrogen-bond donors (Lipinski definition) is 2. The highest BCUT2D eigenvalue weighted by Gasteiger charge is 2.17. The summed E-state index contributed by atoms with van der Waals surface area (Å²) < 4.78 is 0. The van der Waals surface area contributed by atoms with E-state index >= 15 is 0 Å². The van der Waals surface area contributed by atoms with Crippen molar-refractivity contribution in [3.05, 3.63) is 17.8 Å². The Morgan fingerprint density at radius 3 is 2.58 bits per heavy atom. The van der Waals surface area contributed by atoms with Crippen LogP contribution in [0.4, 0.5) is 5.82 Å². The van der Waals surface area contributed by atoms with Crippen molar-refractivity contribution in [1.82, 2.24) is 25.5 Å². The third-order valence-electron chi connectivity index (χ3n) is 3.02. The smallest absolute Gasteiger partial charge is 0.286 e. The number of nitrogens with one attached hydrogen (secondary N) is 2. The number of hydrogen-bond acceptors (Lipinski definition) is 6. The Hall–Kier alpha value is -1.73. The fourth-order valence-electron chi connectivity index (χ4n) is 1.85. The summed E-state index contributed by atoms with van der Waals surface area (Å²) in [5.41, 5.74) is 3.19. The minimum Gasteiger partial charge on any atom is -0.369 e. The number of carbonyl (C=O) groups excluding carboxylic acids is 1. The number of likely N-dealkylation sites (N-methyl/N-ethyl adjacent to an activating group) is 1. The largest absolute Gasteiger partial charge is 0.369 e. The van der Waals surface area contributed by atoms with Gasteiger partial charge in [0.15, 0.2) is 5.69 Å². The molecule has 1 aromatic heterocycles. The van der Waals surface area contributed by atoms with Gasteiger partial charge in [-0.05, 0) is 26.1 Å². The molecule has 104 valence electrons. The summed E-state index contributed by atoms with van der Waals surface area (Å²) in [5.74, 6) is 0.471. The van der Waals surface area contributed by atoms with Crippen LogP contribution in [0.5, 0.6) is 0 Å². The lowest BCUT2D eigenvalue weighted by atomic mass is 10.3. The topological polar surface area (TPSA) is 73.4 Å². The molecule has 7 heteroatoms. The Morgan fingerprint density at radius 2 is 2.00 bits per heavy atom. The van der Waals surface area contributed by atoms with Crippen LogP contribution in [0.15, 0.2) is 12.1 Å². The fourth-order valence-corrected chi connectivity index (χ4v) is 1.85. The summed E-state index contributed by atoms with van der Waals surface area (Å²) in [7, 11) is 2.07. The molecule has 0 spiro atoms. The number of carbonyl (C=O) groups is 1. The standard InChI is InChI=1S/C12H20N6O/c1-3-13-11-5-4-10(14-15-11)12(19)16-18-8-6-17(2)7-9-18/h4-5H,3,6-9H2,1-2H3,(H,13,15)(H,16,19). The lowest BCUT2D eigenvalue weighted by Gasteiger charge is -2.32. The van der Waals surface area contributed by atoms with Gasteiger partial charge in [-0.3, -0.25) is 10.2 Å². The Kier molecular flexibility index (Phi) is 4.64. The number of nitrogens with zero attached hydrogens (tertiary/aromatic N) is 4. The summed E-state index contributed by atoms with van der Waals surface area (Å²) in [4.78, 5) is 14.2. The molecule has 2 N–H and O–H groups in total. The summed E-state index contributed by atoms with van der Waals surface area (Å²) in [6.07, 6.45) is 0. The first-order valence-corrected chi connectivity index (χ1v) is 6.51. The molecule has 1 aliphatic heterocycles. The molecule has 1 aromatic rings. The van der Waals surface area contributed by atoms with Crippen molar-refractivity contribution in [2.45, 2.75) is 6.92 Å². The molecular formula is C12H20N6O. The second kappa shape index (κ2) is 6.44. The van der Waals surface area contributed by atoms with E-state index in [-0.39, 0.29) is 5.91 Å². The van der Waals surface area contributed by atoms with Gasteiger partial charge in [0.1, 0.15) is 5.82 Å². The quantitative estimate of drug-likeness (QED) is 0.784. The molecule has 1 fully saturated rings. The van der Waals surface area contributed by atoms with Crippen LogP contribution in [0.2, 0.25) is 0 Å². The van der Waals surface area contributed by atoms with Gasteiger partial charge in [-0.1, -0.05) is 0 Å². The zero-order valence-electron chi connectivity index (χ0n) is 11.4. The van der Waals surface area contributed by atoms with Gasteiger partial charge in [-0.15, -0.1) is 10.2 Å². The maximum absolute atomic E-state index is 12.0. The van der Waals surface area contributed by atoms with Crippen LogP contribution in [0.1, 0.15) is 17.4 Å². The highest BCUT2D eigenvalue weighted by molar-refractivity contribution is 5.91. The number of amides is 1. The first kappa shape index (κ1) is 13.7. The molecule has 2 heterocycles. The van der Waals surface area contributed by atoms with Gasteiger partial charge in [0.05, 0.1) is 0 Å². The normalized spacial score (nSPS) is 17.2. The molecule has 2 rings (SSSR count). The predicted octanol–water partition coefficient (Wildman–Crippen LogP) is -0.199. The second-order valence-corrected chi connectivity index (χ2v) is 4.57. The van der Waals surface area contributed by atoms with E-state index < -0.39 is 0 Å². The van der Waals surface area contributed by atoms with Crippen molar-refractivity contribution in [2.24, 2.45) is 0 Å². The van der Waals surface area contributed by atoms with Crippen LogP contribution in [-0.2, 0) is 0 Å². The molecule has 0 radical (unpaired) electrons. The summed E-state index contributed by atoms with van der Waals surface area (Å²) in [6.45, 7) is 6.31. The van der Waals surface area contributed by atoms with Crippen molar-refractivity contribution in [3.63, 3.8) is 0 Å². The molecule has 0 atom stereocenters. The van der Waals surface area contributed by atoms with Crippen molar-refractivity contribution >= 4 is 11.7 Å². The molecular weight excluding hydrogens is 244 g/mol. The molecule has 0 aliphatic carbocycles. The molecule has 19 heavy (non-hydrogen) atoms. The SMILES string of the molecule is CCNc1ccc(C(=O)NN2CCN(C)CC2)nn1. The number of piperazine rings is 1. The molecule has 0 aromatic carbocycles. The van der Waals surface area contributed by atoms with Crippen LogP contribution in [0.3, 0.4) is 0 Å². The summed E-state index contributed by atoms with van der Waals surface area (Å²) >= 11 is 0. The van der Waals surface area contributed by atoms with Crippen LogP contribution < -0.4 is 10.7 Å². The second-order valence-electron chi connectivity index (χ2n) is 4.57. The van der Waals surface area contributed by atoms with E-state index in [1.54, 1.807) is 12.1 Å². The Bertz CT molecular complexity index is 413. The Labute approximate surface area is 113 Å². The Morgan fingerprint density at radius 1 is 1.26 bits per heavy atom. The highest BCUT2D eigenvalue weighted by atomic mass is 16.2. The molecule has 1 aliphatic rings. The number of anilines is 1. The van der Waals surface area contributed by atoms with E-state index in [1.807, 2.05) is 11.9 Å². The minimum absolute atomic E-state index is 0.208. The molecule has 7 nitrogen and oxygen atoms in total. The monoisotopic (exact) mass is 264 g/mol. The molecule has 0 unspecified atom stereocenters. The van der Waals surface area contributed by atoms with Crippen LogP contribution in [-0.4, -0.2) is 65.8 Å². The van der Waals surface area contributed by atoms with Crippen LogP contribution >= 0.6 is 0 Å². The first-order chi connectivity index (χ1) is 9.19. The minimum atomic E-state index is -0.208. The molecule has 0 bridgehead atoms. The van der Waals surface area contributed by atoms with Gasteiger partial charge < -0.3 is 10.2 Å². The lowest BCUT2D eigenvalue weighted by molar-refractivity contribution is 0.0657. The van der Waals surface area contributed by atoms with Crippen molar-refractivity contribution < 1.29 is 4.79 Å². The van der Waals surface area contributed by atoms with Gasteiger partial charge in [0.25, 0.3) is 5.91 Å². The zero-order chi connectivity index (χ0) is 13.7.